The zero-order chi connectivity index (χ0) is 10.4. The summed E-state index contributed by atoms with van der Waals surface area (Å²) >= 11 is 0. The molecule has 0 aliphatic carbocycles. The van der Waals surface area contributed by atoms with Crippen molar-refractivity contribution >= 4 is 5.69 Å². The molecule has 0 radical (unpaired) electrons. The molecule has 0 aromatic carbocycles. The highest BCUT2D eigenvalue weighted by atomic mass is 16.5. The first kappa shape index (κ1) is 11.0. The molecule has 0 aliphatic heterocycles. The van der Waals surface area contributed by atoms with Crippen LogP contribution < -0.4 is 5.32 Å². The molecule has 1 rings (SSSR count). The van der Waals surface area contributed by atoms with Crippen molar-refractivity contribution in [3.05, 3.63) is 24.0 Å². The molecule has 0 bridgehead atoms. The lowest BCUT2D eigenvalue weighted by Gasteiger charge is -2.12. The predicted molar refractivity (Wildman–Crippen MR) is 58.5 cm³/mol. The molecule has 0 spiro atoms. The number of nitrogens with one attached hydrogen (secondary N) is 1. The van der Waals surface area contributed by atoms with E-state index in [2.05, 4.69) is 17.2 Å². The van der Waals surface area contributed by atoms with Gasteiger partial charge in [0, 0.05) is 31.2 Å². The molecule has 1 N–H and O–H groups in total. The first-order valence-corrected chi connectivity index (χ1v) is 4.88. The molecule has 1 atom stereocenters. The van der Waals surface area contributed by atoms with Crippen LogP contribution in [-0.4, -0.2) is 25.2 Å². The summed E-state index contributed by atoms with van der Waals surface area (Å²) < 4.78 is 5.06. The van der Waals surface area contributed by atoms with Crippen LogP contribution in [0.2, 0.25) is 0 Å². The van der Waals surface area contributed by atoms with Gasteiger partial charge in [0.1, 0.15) is 0 Å². The van der Waals surface area contributed by atoms with Gasteiger partial charge in [0.2, 0.25) is 0 Å². The van der Waals surface area contributed by atoms with E-state index in [1.165, 1.54) is 0 Å². The van der Waals surface area contributed by atoms with Crippen molar-refractivity contribution < 1.29 is 4.74 Å². The van der Waals surface area contributed by atoms with Crippen molar-refractivity contribution in [3.63, 3.8) is 0 Å². The van der Waals surface area contributed by atoms with E-state index in [1.807, 2.05) is 25.3 Å². The Balaban J connectivity index is 2.37. The van der Waals surface area contributed by atoms with Crippen LogP contribution in [0.15, 0.2) is 18.3 Å². The molecule has 0 fully saturated rings. The van der Waals surface area contributed by atoms with Gasteiger partial charge in [-0.05, 0) is 25.0 Å². The number of hydrogen-bond acceptors (Lipinski definition) is 3. The molecule has 0 saturated carbocycles. The molecule has 1 aromatic rings. The van der Waals surface area contributed by atoms with E-state index >= 15 is 0 Å². The molecular weight excluding hydrogens is 176 g/mol. The Labute approximate surface area is 85.5 Å². The molecule has 0 aliphatic rings. The highest BCUT2D eigenvalue weighted by molar-refractivity contribution is 5.42. The Kier molecular flexibility index (Phi) is 4.40. The summed E-state index contributed by atoms with van der Waals surface area (Å²) in [6.45, 7) is 5.86. The molecule has 0 saturated heterocycles. The van der Waals surface area contributed by atoms with Gasteiger partial charge in [-0.25, -0.2) is 0 Å². The fourth-order valence-electron chi connectivity index (χ4n) is 1.29. The van der Waals surface area contributed by atoms with Crippen LogP contribution in [0.3, 0.4) is 0 Å². The average Bonchev–Trinajstić information content (AvgIpc) is 2.15. The topological polar surface area (TPSA) is 34.1 Å². The number of methoxy groups -OCH3 is 1. The SMILES string of the molecule is COCC(C)CNc1ccnc(C)c1. The fraction of sp³-hybridized carbons (Fsp3) is 0.545. The minimum atomic E-state index is 0.522. The predicted octanol–water partition coefficient (Wildman–Crippen LogP) is 2.08. The highest BCUT2D eigenvalue weighted by Gasteiger charge is 2.00. The van der Waals surface area contributed by atoms with Crippen LogP contribution in [0.1, 0.15) is 12.6 Å². The van der Waals surface area contributed by atoms with Gasteiger partial charge in [-0.1, -0.05) is 6.92 Å². The Morgan fingerprint density at radius 1 is 1.57 bits per heavy atom. The number of aromatic nitrogens is 1. The number of aryl methyl sites for hydroxylation is 1. The number of pyridine rings is 1. The van der Waals surface area contributed by atoms with Gasteiger partial charge in [-0.15, -0.1) is 0 Å². The second kappa shape index (κ2) is 5.60. The maximum Gasteiger partial charge on any atom is 0.0504 e. The van der Waals surface area contributed by atoms with Gasteiger partial charge in [-0.3, -0.25) is 4.98 Å². The lowest BCUT2D eigenvalue weighted by Crippen LogP contribution is -2.15. The van der Waals surface area contributed by atoms with E-state index in [-0.39, 0.29) is 0 Å². The van der Waals surface area contributed by atoms with Gasteiger partial charge in [-0.2, -0.15) is 0 Å². The monoisotopic (exact) mass is 194 g/mol. The van der Waals surface area contributed by atoms with Crippen molar-refractivity contribution in [1.29, 1.82) is 0 Å². The van der Waals surface area contributed by atoms with Crippen LogP contribution in [-0.2, 0) is 4.74 Å². The Morgan fingerprint density at radius 2 is 2.36 bits per heavy atom. The Bertz CT molecular complexity index is 276. The van der Waals surface area contributed by atoms with E-state index in [0.717, 1.165) is 24.5 Å². The van der Waals surface area contributed by atoms with Crippen LogP contribution in [0.25, 0.3) is 0 Å². The molecule has 1 heterocycles. The van der Waals surface area contributed by atoms with E-state index in [1.54, 1.807) is 7.11 Å². The van der Waals surface area contributed by atoms with Gasteiger partial charge < -0.3 is 10.1 Å². The summed E-state index contributed by atoms with van der Waals surface area (Å²) in [4.78, 5) is 4.14. The third-order valence-corrected chi connectivity index (χ3v) is 2.00. The van der Waals surface area contributed by atoms with Gasteiger partial charge in [0.15, 0.2) is 0 Å². The van der Waals surface area contributed by atoms with Crippen LogP contribution in [0.5, 0.6) is 0 Å². The lowest BCUT2D eigenvalue weighted by molar-refractivity contribution is 0.164. The molecular formula is C11H18N2O. The standard InChI is InChI=1S/C11H18N2O/c1-9(8-14-3)7-13-11-4-5-12-10(2)6-11/h4-6,9H,7-8H2,1-3H3,(H,12,13). The number of hydrogen-bond donors (Lipinski definition) is 1. The van der Waals surface area contributed by atoms with Crippen molar-refractivity contribution in [2.75, 3.05) is 25.6 Å². The van der Waals surface area contributed by atoms with Crippen LogP contribution in [0, 0.1) is 12.8 Å². The molecule has 3 nitrogen and oxygen atoms in total. The number of rotatable bonds is 5. The van der Waals surface area contributed by atoms with Gasteiger partial charge >= 0.3 is 0 Å². The van der Waals surface area contributed by atoms with Crippen molar-refractivity contribution in [2.24, 2.45) is 5.92 Å². The zero-order valence-electron chi connectivity index (χ0n) is 9.08. The molecule has 3 heteroatoms. The van der Waals surface area contributed by atoms with Crippen molar-refractivity contribution in [2.45, 2.75) is 13.8 Å². The Hall–Kier alpha value is -1.09. The van der Waals surface area contributed by atoms with E-state index in [0.29, 0.717) is 5.92 Å². The first-order valence-electron chi connectivity index (χ1n) is 4.88. The number of anilines is 1. The van der Waals surface area contributed by atoms with Gasteiger partial charge in [0.05, 0.1) is 6.61 Å². The summed E-state index contributed by atoms with van der Waals surface area (Å²) in [5, 5.41) is 3.35. The summed E-state index contributed by atoms with van der Waals surface area (Å²) in [5.41, 5.74) is 2.16. The number of ether oxygens (including phenoxy) is 1. The third kappa shape index (κ3) is 3.75. The summed E-state index contributed by atoms with van der Waals surface area (Å²) in [5.74, 6) is 0.522. The fourth-order valence-corrected chi connectivity index (χ4v) is 1.29. The maximum absolute atomic E-state index is 5.06. The van der Waals surface area contributed by atoms with E-state index < -0.39 is 0 Å². The molecule has 14 heavy (non-hydrogen) atoms. The minimum Gasteiger partial charge on any atom is -0.385 e. The number of nitrogens with zero attached hydrogens (tertiary/aromatic N) is 1. The molecule has 78 valence electrons. The van der Waals surface area contributed by atoms with E-state index in [9.17, 15) is 0 Å². The van der Waals surface area contributed by atoms with Crippen LogP contribution >= 0.6 is 0 Å². The Morgan fingerprint density at radius 3 is 3.00 bits per heavy atom. The average molecular weight is 194 g/mol. The maximum atomic E-state index is 5.06. The summed E-state index contributed by atoms with van der Waals surface area (Å²) in [7, 11) is 1.73. The van der Waals surface area contributed by atoms with Crippen LogP contribution in [0.4, 0.5) is 5.69 Å². The third-order valence-electron chi connectivity index (χ3n) is 2.00. The molecule has 0 amide bonds. The van der Waals surface area contributed by atoms with Gasteiger partial charge in [0.25, 0.3) is 0 Å². The zero-order valence-corrected chi connectivity index (χ0v) is 9.08. The largest absolute Gasteiger partial charge is 0.385 e. The summed E-state index contributed by atoms with van der Waals surface area (Å²) in [6.07, 6.45) is 1.82. The highest BCUT2D eigenvalue weighted by Crippen LogP contribution is 2.07. The van der Waals surface area contributed by atoms with Crippen molar-refractivity contribution in [1.82, 2.24) is 4.98 Å². The van der Waals surface area contributed by atoms with E-state index in [4.69, 9.17) is 4.74 Å². The normalized spacial score (nSPS) is 12.5. The summed E-state index contributed by atoms with van der Waals surface area (Å²) in [6, 6.07) is 4.02. The second-order valence-corrected chi connectivity index (χ2v) is 3.63. The smallest absolute Gasteiger partial charge is 0.0504 e. The first-order chi connectivity index (χ1) is 6.72. The second-order valence-electron chi connectivity index (χ2n) is 3.63. The van der Waals surface area contributed by atoms with Crippen molar-refractivity contribution in [3.8, 4) is 0 Å². The minimum absolute atomic E-state index is 0.522. The molecule has 1 aromatic heterocycles. The quantitative estimate of drug-likeness (QED) is 0.779. The lowest BCUT2D eigenvalue weighted by atomic mass is 10.2. The molecule has 1 unspecified atom stereocenters.